The summed E-state index contributed by atoms with van der Waals surface area (Å²) in [5, 5.41) is 2.67. The lowest BCUT2D eigenvalue weighted by molar-refractivity contribution is -0.111. The number of anilines is 1. The fourth-order valence-electron chi connectivity index (χ4n) is 1.31. The second-order valence-electron chi connectivity index (χ2n) is 4.02. The van der Waals surface area contributed by atoms with Crippen LogP contribution in [0.2, 0.25) is 0 Å². The van der Waals surface area contributed by atoms with Crippen molar-refractivity contribution in [3.05, 3.63) is 42.0 Å². The van der Waals surface area contributed by atoms with Crippen molar-refractivity contribution in [3.8, 4) is 0 Å². The maximum Gasteiger partial charge on any atom is 0.338 e. The number of hydrogen-bond donors (Lipinski definition) is 1. The van der Waals surface area contributed by atoms with Crippen molar-refractivity contribution in [2.75, 3.05) is 5.32 Å². The summed E-state index contributed by atoms with van der Waals surface area (Å²) in [4.78, 5) is 22.9. The van der Waals surface area contributed by atoms with Crippen LogP contribution in [0.4, 0.5) is 5.69 Å². The molecule has 1 aromatic carbocycles. The van der Waals surface area contributed by atoms with Gasteiger partial charge in [-0.25, -0.2) is 4.79 Å². The molecule has 4 heteroatoms. The molecule has 0 radical (unpaired) electrons. The molecular weight excluding hydrogens is 230 g/mol. The van der Waals surface area contributed by atoms with Crippen molar-refractivity contribution < 1.29 is 14.3 Å². The number of nitrogens with one attached hydrogen (secondary N) is 1. The van der Waals surface area contributed by atoms with Crippen molar-refractivity contribution in [2.45, 2.75) is 26.9 Å². The SMILES string of the molecule is CC=CC(=O)Nc1ccc(C(=O)OC(C)C)cc1. The first kappa shape index (κ1) is 14.0. The molecule has 0 unspecified atom stereocenters. The maximum atomic E-state index is 11.6. The first-order valence-electron chi connectivity index (χ1n) is 5.77. The molecule has 0 saturated heterocycles. The second-order valence-corrected chi connectivity index (χ2v) is 4.02. The van der Waals surface area contributed by atoms with Crippen molar-refractivity contribution in [1.29, 1.82) is 0 Å². The molecule has 1 amide bonds. The topological polar surface area (TPSA) is 55.4 Å². The average Bonchev–Trinajstić information content (AvgIpc) is 2.29. The number of ether oxygens (including phenoxy) is 1. The van der Waals surface area contributed by atoms with Gasteiger partial charge in [0.05, 0.1) is 11.7 Å². The summed E-state index contributed by atoms with van der Waals surface area (Å²) >= 11 is 0. The van der Waals surface area contributed by atoms with E-state index < -0.39 is 0 Å². The zero-order chi connectivity index (χ0) is 13.5. The molecule has 0 aliphatic heterocycles. The van der Waals surface area contributed by atoms with Crippen LogP contribution in [0.5, 0.6) is 0 Å². The molecule has 0 fully saturated rings. The predicted molar refractivity (Wildman–Crippen MR) is 70.4 cm³/mol. The van der Waals surface area contributed by atoms with Crippen LogP contribution in [0.3, 0.4) is 0 Å². The van der Waals surface area contributed by atoms with E-state index in [0.717, 1.165) is 0 Å². The third-order valence-corrected chi connectivity index (χ3v) is 2.05. The fraction of sp³-hybridized carbons (Fsp3) is 0.286. The zero-order valence-corrected chi connectivity index (χ0v) is 10.8. The third kappa shape index (κ3) is 4.41. The molecule has 96 valence electrons. The number of allylic oxidation sites excluding steroid dienone is 1. The van der Waals surface area contributed by atoms with Crippen molar-refractivity contribution in [3.63, 3.8) is 0 Å². The minimum absolute atomic E-state index is 0.147. The van der Waals surface area contributed by atoms with Crippen molar-refractivity contribution in [1.82, 2.24) is 0 Å². The van der Waals surface area contributed by atoms with E-state index in [-0.39, 0.29) is 18.0 Å². The number of amides is 1. The lowest BCUT2D eigenvalue weighted by atomic mass is 10.2. The van der Waals surface area contributed by atoms with E-state index >= 15 is 0 Å². The summed E-state index contributed by atoms with van der Waals surface area (Å²) in [6.07, 6.45) is 2.94. The van der Waals surface area contributed by atoms with Gasteiger partial charge in [-0.15, -0.1) is 0 Å². The average molecular weight is 247 g/mol. The largest absolute Gasteiger partial charge is 0.459 e. The van der Waals surface area contributed by atoms with Gasteiger partial charge in [-0.05, 0) is 51.1 Å². The Bertz CT molecular complexity index is 447. The molecule has 1 N–H and O–H groups in total. The molecule has 0 heterocycles. The van der Waals surface area contributed by atoms with Crippen LogP contribution >= 0.6 is 0 Å². The molecular formula is C14H17NO3. The number of carbonyl (C=O) groups is 2. The van der Waals surface area contributed by atoms with Gasteiger partial charge in [-0.2, -0.15) is 0 Å². The Labute approximate surface area is 107 Å². The molecule has 0 aliphatic rings. The van der Waals surface area contributed by atoms with E-state index in [1.165, 1.54) is 6.08 Å². The van der Waals surface area contributed by atoms with Crippen molar-refractivity contribution in [2.24, 2.45) is 0 Å². The zero-order valence-electron chi connectivity index (χ0n) is 10.8. The highest BCUT2D eigenvalue weighted by Gasteiger charge is 2.08. The molecule has 4 nitrogen and oxygen atoms in total. The van der Waals surface area contributed by atoms with Crippen molar-refractivity contribution >= 4 is 17.6 Å². The number of carbonyl (C=O) groups excluding carboxylic acids is 2. The fourth-order valence-corrected chi connectivity index (χ4v) is 1.31. The van der Waals surface area contributed by atoms with Crippen LogP contribution in [0, 0.1) is 0 Å². The molecule has 0 atom stereocenters. The number of esters is 1. The van der Waals surface area contributed by atoms with Gasteiger partial charge < -0.3 is 10.1 Å². The standard InChI is InChI=1S/C14H17NO3/c1-4-5-13(16)15-12-8-6-11(7-9-12)14(17)18-10(2)3/h4-10H,1-3H3,(H,15,16). The molecule has 0 aliphatic carbocycles. The Hall–Kier alpha value is -2.10. The van der Waals surface area contributed by atoms with Gasteiger partial charge in [0.2, 0.25) is 5.91 Å². The van der Waals surface area contributed by atoms with E-state index in [4.69, 9.17) is 4.74 Å². The monoisotopic (exact) mass is 247 g/mol. The number of hydrogen-bond acceptors (Lipinski definition) is 3. The van der Waals surface area contributed by atoms with Crippen LogP contribution in [0.15, 0.2) is 36.4 Å². The van der Waals surface area contributed by atoms with E-state index in [2.05, 4.69) is 5.32 Å². The Kier molecular flexibility index (Phi) is 5.11. The highest BCUT2D eigenvalue weighted by molar-refractivity contribution is 5.99. The summed E-state index contributed by atoms with van der Waals surface area (Å²) in [5.74, 6) is -0.564. The first-order chi connectivity index (χ1) is 8.52. The van der Waals surface area contributed by atoms with Crippen LogP contribution in [-0.2, 0) is 9.53 Å². The lowest BCUT2D eigenvalue weighted by Gasteiger charge is -2.08. The van der Waals surface area contributed by atoms with Gasteiger partial charge in [0.15, 0.2) is 0 Å². The highest BCUT2D eigenvalue weighted by atomic mass is 16.5. The van der Waals surface area contributed by atoms with Gasteiger partial charge in [-0.3, -0.25) is 4.79 Å². The van der Waals surface area contributed by atoms with Gasteiger partial charge in [-0.1, -0.05) is 6.08 Å². The smallest absolute Gasteiger partial charge is 0.338 e. The van der Waals surface area contributed by atoms with E-state index in [1.807, 2.05) is 0 Å². The summed E-state index contributed by atoms with van der Waals surface area (Å²) in [6, 6.07) is 6.57. The van der Waals surface area contributed by atoms with Crippen LogP contribution < -0.4 is 5.32 Å². The van der Waals surface area contributed by atoms with Gasteiger partial charge in [0.25, 0.3) is 0 Å². The quantitative estimate of drug-likeness (QED) is 0.657. The normalized spacial score (nSPS) is 10.7. The Morgan fingerprint density at radius 1 is 1.22 bits per heavy atom. The molecule has 1 rings (SSSR count). The molecule has 1 aromatic rings. The Balaban J connectivity index is 2.68. The predicted octanol–water partition coefficient (Wildman–Crippen LogP) is 2.77. The van der Waals surface area contributed by atoms with Crippen LogP contribution in [-0.4, -0.2) is 18.0 Å². The summed E-state index contributed by atoms with van der Waals surface area (Å²) < 4.78 is 5.06. The maximum absolute atomic E-state index is 11.6. The summed E-state index contributed by atoms with van der Waals surface area (Å²) in [7, 11) is 0. The van der Waals surface area contributed by atoms with Crippen LogP contribution in [0.25, 0.3) is 0 Å². The molecule has 0 bridgehead atoms. The Morgan fingerprint density at radius 3 is 2.33 bits per heavy atom. The van der Waals surface area contributed by atoms with Crippen LogP contribution in [0.1, 0.15) is 31.1 Å². The second kappa shape index (κ2) is 6.59. The Morgan fingerprint density at radius 2 is 1.83 bits per heavy atom. The number of benzene rings is 1. The van der Waals surface area contributed by atoms with Gasteiger partial charge in [0.1, 0.15) is 0 Å². The molecule has 0 saturated carbocycles. The first-order valence-corrected chi connectivity index (χ1v) is 5.77. The van der Waals surface area contributed by atoms with E-state index in [9.17, 15) is 9.59 Å². The lowest BCUT2D eigenvalue weighted by Crippen LogP contribution is -2.12. The molecule has 0 spiro atoms. The summed E-state index contributed by atoms with van der Waals surface area (Å²) in [6.45, 7) is 5.36. The molecule has 0 aromatic heterocycles. The third-order valence-electron chi connectivity index (χ3n) is 2.05. The molecule has 18 heavy (non-hydrogen) atoms. The van der Waals surface area contributed by atoms with Gasteiger partial charge >= 0.3 is 5.97 Å². The van der Waals surface area contributed by atoms with Gasteiger partial charge in [0, 0.05) is 5.69 Å². The minimum atomic E-state index is -0.365. The minimum Gasteiger partial charge on any atom is -0.459 e. The van der Waals surface area contributed by atoms with E-state index in [0.29, 0.717) is 11.3 Å². The number of rotatable bonds is 4. The summed E-state index contributed by atoms with van der Waals surface area (Å²) in [5.41, 5.74) is 1.10. The highest BCUT2D eigenvalue weighted by Crippen LogP contribution is 2.11. The van der Waals surface area contributed by atoms with E-state index in [1.54, 1.807) is 51.1 Å².